The summed E-state index contributed by atoms with van der Waals surface area (Å²) < 4.78 is 0. The molecule has 0 aromatic heterocycles. The quantitative estimate of drug-likeness (QED) is 0.0812. The van der Waals surface area contributed by atoms with E-state index < -0.39 is 36.3 Å². The van der Waals surface area contributed by atoms with Gasteiger partial charge < -0.3 is 52.3 Å². The van der Waals surface area contributed by atoms with Crippen molar-refractivity contribution >= 4 is 41.5 Å². The number of urea groups is 1. The maximum atomic E-state index is 14.1. The molecule has 8 N–H and O–H groups in total. The average molecular weight is 941 g/mol. The van der Waals surface area contributed by atoms with Crippen molar-refractivity contribution in [1.82, 2.24) is 52.3 Å². The Morgan fingerprint density at radius 3 is 1.38 bits per heavy atom. The molecule has 2 aliphatic carbocycles. The smallest absolute Gasteiger partial charge is 0.314 e. The van der Waals surface area contributed by atoms with Gasteiger partial charge in [0.2, 0.25) is 35.4 Å². The van der Waals surface area contributed by atoms with Crippen LogP contribution in [0, 0.1) is 0 Å². The third-order valence-electron chi connectivity index (χ3n) is 14.3. The summed E-state index contributed by atoms with van der Waals surface area (Å²) in [5, 5.41) is 23.9. The van der Waals surface area contributed by atoms with Crippen LogP contribution in [0.1, 0.15) is 138 Å². The number of rotatable bonds is 22. The van der Waals surface area contributed by atoms with Gasteiger partial charge in [-0.15, -0.1) is 0 Å². The van der Waals surface area contributed by atoms with Crippen molar-refractivity contribution in [2.45, 2.75) is 165 Å². The van der Waals surface area contributed by atoms with Gasteiger partial charge in [-0.2, -0.15) is 0 Å². The number of hydrogen-bond donors (Lipinski definition) is 8. The van der Waals surface area contributed by atoms with Crippen molar-refractivity contribution in [3.63, 3.8) is 0 Å². The summed E-state index contributed by atoms with van der Waals surface area (Å²) in [4.78, 5) is 97.7. The first-order chi connectivity index (χ1) is 32.9. The molecule has 8 amide bonds. The highest BCUT2D eigenvalue weighted by atomic mass is 16.2. The lowest BCUT2D eigenvalue weighted by molar-refractivity contribution is -0.142. The van der Waals surface area contributed by atoms with Gasteiger partial charge in [0, 0.05) is 26.2 Å². The molecule has 2 aliphatic heterocycles. The lowest BCUT2D eigenvalue weighted by Crippen LogP contribution is -2.55. The molecule has 0 spiro atoms. The Balaban J connectivity index is 0.940. The zero-order valence-corrected chi connectivity index (χ0v) is 40.6. The normalized spacial score (nSPS) is 21.5. The Labute approximate surface area is 402 Å². The van der Waals surface area contributed by atoms with Crippen molar-refractivity contribution in [3.8, 4) is 0 Å². The monoisotopic (exact) mass is 941 g/mol. The van der Waals surface area contributed by atoms with Crippen molar-refractivity contribution in [2.24, 2.45) is 0 Å². The number of hydrogen-bond acceptors (Lipinski definition) is 9. The Morgan fingerprint density at radius 1 is 0.559 bits per heavy atom. The molecule has 2 heterocycles. The molecule has 1 unspecified atom stereocenters. The summed E-state index contributed by atoms with van der Waals surface area (Å²) in [6, 6.07) is 11.9. The lowest BCUT2D eigenvalue weighted by atomic mass is 9.87. The molecule has 2 fully saturated rings. The highest BCUT2D eigenvalue weighted by Gasteiger charge is 2.40. The third-order valence-corrected chi connectivity index (χ3v) is 14.3. The van der Waals surface area contributed by atoms with Gasteiger partial charge in [-0.25, -0.2) is 4.79 Å². The SMILES string of the molecule is CN[C@@H](C)C(=O)N[C@@H](CCCCNC(=O)NCCCC[C@H](NC(=O)[C@H](C)NC)C(=O)N1CCC[C@H]1C(=O)N[C@@H]1CCCc2ccccc21)C(=O)N1CCCC1C(=O)N[C@@H]1CCCc2ccccc21. The van der Waals surface area contributed by atoms with E-state index in [1.54, 1.807) is 37.7 Å². The van der Waals surface area contributed by atoms with E-state index in [9.17, 15) is 33.6 Å². The summed E-state index contributed by atoms with van der Waals surface area (Å²) in [5.41, 5.74) is 4.75. The fraction of sp³-hybridized carbons (Fsp3) is 0.627. The molecular formula is C51H76N10O7. The fourth-order valence-corrected chi connectivity index (χ4v) is 10.1. The number of carbonyl (C=O) groups is 7. The summed E-state index contributed by atoms with van der Waals surface area (Å²) in [5.74, 6) is -1.51. The van der Waals surface area contributed by atoms with Gasteiger partial charge >= 0.3 is 6.03 Å². The lowest BCUT2D eigenvalue weighted by Gasteiger charge is -2.32. The summed E-state index contributed by atoms with van der Waals surface area (Å²) >= 11 is 0. The average Bonchev–Trinajstić information content (AvgIpc) is 4.06. The van der Waals surface area contributed by atoms with E-state index in [0.717, 1.165) is 49.7 Å². The number of carbonyl (C=O) groups excluding carboxylic acids is 7. The number of benzene rings is 2. The molecule has 17 nitrogen and oxygen atoms in total. The second-order valence-electron chi connectivity index (χ2n) is 19.0. The van der Waals surface area contributed by atoms with E-state index in [2.05, 4.69) is 66.8 Å². The Morgan fingerprint density at radius 2 is 0.971 bits per heavy atom. The van der Waals surface area contributed by atoms with Gasteiger partial charge in [-0.05, 0) is 153 Å². The summed E-state index contributed by atoms with van der Waals surface area (Å²) in [7, 11) is 3.35. The van der Waals surface area contributed by atoms with Gasteiger partial charge in [0.25, 0.3) is 0 Å². The standard InChI is InChI=1S/C51H76N10O7/c1-33(52-3)45(62)58-41(49(66)60-31-15-27-43(60)47(64)56-39-25-13-19-35-17-5-7-21-37(35)39)23-9-11-29-54-51(68)55-30-12-10-24-42(59-46(63)34(2)53-4)50(67)61-32-16-28-44(61)48(65)57-40-26-14-20-36-18-6-8-22-38(36)40/h5-8,17-18,21-22,33-34,39-44,52-53H,9-16,19-20,23-32H2,1-4H3,(H,56,64)(H,57,65)(H,58,62)(H,59,63)(H2,54,55,68)/t33-,34-,39+,40+,41-,42-,43-,44?/m0/s1. The number of aryl methyl sites for hydroxylation is 2. The van der Waals surface area contributed by atoms with E-state index in [1.807, 2.05) is 24.3 Å². The van der Waals surface area contributed by atoms with Gasteiger partial charge in [0.1, 0.15) is 24.2 Å². The third kappa shape index (κ3) is 13.8. The molecule has 2 aromatic carbocycles. The number of amides is 8. The van der Waals surface area contributed by atoms with Crippen molar-refractivity contribution in [1.29, 1.82) is 0 Å². The molecule has 4 aliphatic rings. The largest absolute Gasteiger partial charge is 0.347 e. The number of fused-ring (bicyclic) bond motifs is 2. The van der Waals surface area contributed by atoms with Gasteiger partial charge in [0.05, 0.1) is 24.2 Å². The number of nitrogens with zero attached hydrogens (tertiary/aromatic N) is 2. The van der Waals surface area contributed by atoms with E-state index in [1.165, 1.54) is 11.1 Å². The molecule has 372 valence electrons. The highest BCUT2D eigenvalue weighted by Crippen LogP contribution is 2.32. The molecule has 68 heavy (non-hydrogen) atoms. The maximum absolute atomic E-state index is 14.1. The van der Waals surface area contributed by atoms with Crippen LogP contribution < -0.4 is 42.5 Å². The molecule has 0 radical (unpaired) electrons. The topological polar surface area (TPSA) is 222 Å². The minimum absolute atomic E-state index is 0.0997. The van der Waals surface area contributed by atoms with Crippen LogP contribution >= 0.6 is 0 Å². The van der Waals surface area contributed by atoms with Gasteiger partial charge in [0.15, 0.2) is 0 Å². The Hall–Kier alpha value is -5.55. The first kappa shape index (κ1) is 51.8. The summed E-state index contributed by atoms with van der Waals surface area (Å²) in [6.45, 7) is 4.99. The van der Waals surface area contributed by atoms with Crippen LogP contribution in [0.2, 0.25) is 0 Å². The van der Waals surface area contributed by atoms with Crippen molar-refractivity contribution < 1.29 is 33.6 Å². The van der Waals surface area contributed by atoms with Crippen LogP contribution in [0.3, 0.4) is 0 Å². The minimum atomic E-state index is -0.828. The van der Waals surface area contributed by atoms with Crippen molar-refractivity contribution in [3.05, 3.63) is 70.8 Å². The highest BCUT2D eigenvalue weighted by molar-refractivity contribution is 5.94. The molecule has 6 rings (SSSR count). The number of nitrogens with one attached hydrogen (secondary N) is 8. The van der Waals surface area contributed by atoms with Crippen LogP contribution in [0.4, 0.5) is 4.79 Å². The van der Waals surface area contributed by atoms with Crippen molar-refractivity contribution in [2.75, 3.05) is 40.3 Å². The molecule has 8 atom stereocenters. The van der Waals surface area contributed by atoms with Crippen LogP contribution in [0.5, 0.6) is 0 Å². The molecule has 17 heteroatoms. The van der Waals surface area contributed by atoms with Crippen LogP contribution in [-0.2, 0) is 41.6 Å². The zero-order chi connectivity index (χ0) is 48.6. The molecule has 2 saturated heterocycles. The van der Waals surface area contributed by atoms with E-state index in [4.69, 9.17) is 0 Å². The fourth-order valence-electron chi connectivity index (χ4n) is 10.1. The predicted molar refractivity (Wildman–Crippen MR) is 260 cm³/mol. The van der Waals surface area contributed by atoms with Gasteiger partial charge in [-0.3, -0.25) is 28.8 Å². The molecule has 2 aromatic rings. The number of likely N-dealkylation sites (tertiary alicyclic amines) is 2. The predicted octanol–water partition coefficient (Wildman–Crippen LogP) is 3.18. The Bertz CT molecular complexity index is 1930. The van der Waals surface area contributed by atoms with E-state index in [0.29, 0.717) is 90.4 Å². The summed E-state index contributed by atoms with van der Waals surface area (Å²) in [6.07, 6.45) is 11.0. The van der Waals surface area contributed by atoms with E-state index in [-0.39, 0.29) is 53.6 Å². The van der Waals surface area contributed by atoms with Crippen LogP contribution in [-0.4, -0.2) is 128 Å². The second-order valence-corrected chi connectivity index (χ2v) is 19.0. The number of unbranched alkanes of at least 4 members (excludes halogenated alkanes) is 2. The maximum Gasteiger partial charge on any atom is 0.314 e. The molecule has 0 saturated carbocycles. The zero-order valence-electron chi connectivity index (χ0n) is 40.6. The van der Waals surface area contributed by atoms with Crippen LogP contribution in [0.25, 0.3) is 0 Å². The van der Waals surface area contributed by atoms with Gasteiger partial charge in [-0.1, -0.05) is 48.5 Å². The molecular weight excluding hydrogens is 865 g/mol. The first-order valence-corrected chi connectivity index (χ1v) is 25.2. The second kappa shape index (κ2) is 25.7. The minimum Gasteiger partial charge on any atom is -0.347 e. The number of likely N-dealkylation sites (N-methyl/N-ethyl adjacent to an activating group) is 2. The van der Waals surface area contributed by atoms with E-state index >= 15 is 0 Å². The Kier molecular flexibility index (Phi) is 19.6. The first-order valence-electron chi connectivity index (χ1n) is 25.2. The van der Waals surface area contributed by atoms with Crippen LogP contribution in [0.15, 0.2) is 48.5 Å². The molecule has 0 bridgehead atoms.